The summed E-state index contributed by atoms with van der Waals surface area (Å²) in [5, 5.41) is 4.56. The monoisotopic (exact) mass is 331 g/mol. The second-order valence-corrected chi connectivity index (χ2v) is 6.20. The van der Waals surface area contributed by atoms with Gasteiger partial charge in [-0.2, -0.15) is 0 Å². The lowest BCUT2D eigenvalue weighted by Gasteiger charge is -2.06. The smallest absolute Gasteiger partial charge is 0.231 e. The third kappa shape index (κ3) is 1.85. The maximum atomic E-state index is 12.9. The molecular weight excluding hydrogens is 322 g/mol. The lowest BCUT2D eigenvalue weighted by atomic mass is 10.0. The second kappa shape index (κ2) is 4.79. The van der Waals surface area contributed by atoms with Crippen molar-refractivity contribution in [3.05, 3.63) is 75.9 Å². The van der Waals surface area contributed by atoms with Crippen molar-refractivity contribution in [2.75, 3.05) is 0 Å². The molecule has 0 fully saturated rings. The number of fused-ring (bicyclic) bond motifs is 5. The van der Waals surface area contributed by atoms with Crippen molar-refractivity contribution < 1.29 is 4.42 Å². The van der Waals surface area contributed by atoms with E-state index >= 15 is 0 Å². The van der Waals surface area contributed by atoms with E-state index in [1.807, 2.05) is 42.5 Å². The van der Waals surface area contributed by atoms with E-state index in [-0.39, 0.29) is 5.43 Å². The highest BCUT2D eigenvalue weighted by Gasteiger charge is 2.12. The Bertz CT molecular complexity index is 1340. The van der Waals surface area contributed by atoms with Gasteiger partial charge in [-0.1, -0.05) is 41.9 Å². The molecule has 0 amide bonds. The molecular formula is C20H10ClNO2. The summed E-state index contributed by atoms with van der Waals surface area (Å²) < 4.78 is 5.83. The van der Waals surface area contributed by atoms with Gasteiger partial charge < -0.3 is 4.42 Å². The maximum Gasteiger partial charge on any atom is 0.231 e. The third-order valence-corrected chi connectivity index (χ3v) is 4.56. The standard InChI is InChI=1S/C20H10ClNO2/c21-12-6-8-18-15(9-12)19(23)16-10-14-13-4-2-1-3-11(13)5-7-17(14)22-20(16)24-18/h1-10H. The first kappa shape index (κ1) is 13.5. The van der Waals surface area contributed by atoms with Gasteiger partial charge in [-0.25, -0.2) is 4.98 Å². The molecule has 0 bridgehead atoms. The van der Waals surface area contributed by atoms with Crippen molar-refractivity contribution in [3.63, 3.8) is 0 Å². The van der Waals surface area contributed by atoms with Gasteiger partial charge in [0.1, 0.15) is 5.58 Å². The quantitative estimate of drug-likeness (QED) is 0.285. The number of hydrogen-bond donors (Lipinski definition) is 0. The zero-order chi connectivity index (χ0) is 16.3. The summed E-state index contributed by atoms with van der Waals surface area (Å²) in [6, 6.07) is 18.9. The van der Waals surface area contributed by atoms with Gasteiger partial charge >= 0.3 is 0 Å². The van der Waals surface area contributed by atoms with Crippen LogP contribution in [0, 0.1) is 0 Å². The Labute approximate surface area is 141 Å². The molecule has 0 aliphatic carbocycles. The first-order chi connectivity index (χ1) is 11.7. The van der Waals surface area contributed by atoms with Crippen LogP contribution in [0.1, 0.15) is 0 Å². The minimum absolute atomic E-state index is 0.115. The predicted octanol–water partition coefficient (Wildman–Crippen LogP) is 5.30. The minimum Gasteiger partial charge on any atom is -0.437 e. The Morgan fingerprint density at radius 1 is 0.833 bits per heavy atom. The number of halogens is 1. The molecule has 0 aliphatic heterocycles. The average Bonchev–Trinajstić information content (AvgIpc) is 2.61. The van der Waals surface area contributed by atoms with Gasteiger partial charge in [-0.05, 0) is 41.1 Å². The van der Waals surface area contributed by atoms with Gasteiger partial charge in [0, 0.05) is 10.4 Å². The van der Waals surface area contributed by atoms with Crippen LogP contribution in [0.15, 0.2) is 69.9 Å². The van der Waals surface area contributed by atoms with E-state index in [1.54, 1.807) is 18.2 Å². The van der Waals surface area contributed by atoms with Crippen LogP contribution in [-0.2, 0) is 0 Å². The fourth-order valence-corrected chi connectivity index (χ4v) is 3.34. The van der Waals surface area contributed by atoms with E-state index in [0.717, 1.165) is 21.7 Å². The second-order valence-electron chi connectivity index (χ2n) is 5.77. The van der Waals surface area contributed by atoms with Crippen molar-refractivity contribution in [2.45, 2.75) is 0 Å². The highest BCUT2D eigenvalue weighted by Crippen LogP contribution is 2.28. The summed E-state index contributed by atoms with van der Waals surface area (Å²) in [4.78, 5) is 17.4. The fourth-order valence-electron chi connectivity index (χ4n) is 3.17. The Balaban J connectivity index is 2.02. The van der Waals surface area contributed by atoms with Crippen molar-refractivity contribution in [3.8, 4) is 0 Å². The summed E-state index contributed by atoms with van der Waals surface area (Å²) in [5.41, 5.74) is 1.52. The van der Waals surface area contributed by atoms with Gasteiger partial charge in [-0.15, -0.1) is 0 Å². The average molecular weight is 332 g/mol. The van der Waals surface area contributed by atoms with Crippen LogP contribution in [0.25, 0.3) is 43.7 Å². The molecule has 5 aromatic rings. The first-order valence-electron chi connectivity index (χ1n) is 7.55. The molecule has 2 aromatic heterocycles. The van der Waals surface area contributed by atoms with E-state index in [0.29, 0.717) is 27.1 Å². The number of benzene rings is 3. The summed E-state index contributed by atoms with van der Waals surface area (Å²) in [7, 11) is 0. The lowest BCUT2D eigenvalue weighted by molar-refractivity contribution is 0.647. The Hall–Kier alpha value is -2.91. The largest absolute Gasteiger partial charge is 0.437 e. The van der Waals surface area contributed by atoms with Gasteiger partial charge in [0.15, 0.2) is 0 Å². The molecule has 0 aliphatic rings. The van der Waals surface area contributed by atoms with E-state index in [9.17, 15) is 4.79 Å². The van der Waals surface area contributed by atoms with Gasteiger partial charge in [0.25, 0.3) is 0 Å². The number of rotatable bonds is 0. The number of hydrogen-bond acceptors (Lipinski definition) is 3. The van der Waals surface area contributed by atoms with Gasteiger partial charge in [-0.3, -0.25) is 4.79 Å². The summed E-state index contributed by atoms with van der Waals surface area (Å²) in [5.74, 6) is 0. The SMILES string of the molecule is O=c1c2cc(Cl)ccc2oc2nc3ccc4ccccc4c3cc12. The van der Waals surface area contributed by atoms with E-state index in [1.165, 1.54) is 0 Å². The minimum atomic E-state index is -0.115. The van der Waals surface area contributed by atoms with Gasteiger partial charge in [0.2, 0.25) is 11.1 Å². The molecule has 2 heterocycles. The Kier molecular flexibility index (Phi) is 2.70. The third-order valence-electron chi connectivity index (χ3n) is 4.33. The first-order valence-corrected chi connectivity index (χ1v) is 7.93. The van der Waals surface area contributed by atoms with Crippen LogP contribution >= 0.6 is 11.6 Å². The van der Waals surface area contributed by atoms with E-state index < -0.39 is 0 Å². The van der Waals surface area contributed by atoms with E-state index in [4.69, 9.17) is 16.0 Å². The Morgan fingerprint density at radius 2 is 1.71 bits per heavy atom. The Morgan fingerprint density at radius 3 is 2.62 bits per heavy atom. The zero-order valence-electron chi connectivity index (χ0n) is 12.4. The highest BCUT2D eigenvalue weighted by atomic mass is 35.5. The van der Waals surface area contributed by atoms with Gasteiger partial charge in [0.05, 0.1) is 16.3 Å². The highest BCUT2D eigenvalue weighted by molar-refractivity contribution is 6.31. The number of nitrogens with zero attached hydrogens (tertiary/aromatic N) is 1. The molecule has 5 rings (SSSR count). The van der Waals surface area contributed by atoms with Crippen LogP contribution in [0.4, 0.5) is 0 Å². The molecule has 0 unspecified atom stereocenters. The topological polar surface area (TPSA) is 43.1 Å². The molecule has 3 aromatic carbocycles. The fraction of sp³-hybridized carbons (Fsp3) is 0. The number of pyridine rings is 1. The van der Waals surface area contributed by atoms with Crippen LogP contribution in [-0.4, -0.2) is 4.98 Å². The van der Waals surface area contributed by atoms with Crippen LogP contribution in [0.3, 0.4) is 0 Å². The molecule has 0 N–H and O–H groups in total. The molecule has 0 atom stereocenters. The molecule has 0 spiro atoms. The molecule has 0 radical (unpaired) electrons. The molecule has 4 heteroatoms. The van der Waals surface area contributed by atoms with Crippen LogP contribution < -0.4 is 5.43 Å². The normalized spacial score (nSPS) is 11.7. The summed E-state index contributed by atoms with van der Waals surface area (Å²) in [6.07, 6.45) is 0. The van der Waals surface area contributed by atoms with Crippen LogP contribution in [0.2, 0.25) is 5.02 Å². The predicted molar refractivity (Wildman–Crippen MR) is 97.8 cm³/mol. The van der Waals surface area contributed by atoms with E-state index in [2.05, 4.69) is 4.98 Å². The molecule has 0 saturated carbocycles. The zero-order valence-corrected chi connectivity index (χ0v) is 13.2. The summed E-state index contributed by atoms with van der Waals surface area (Å²) >= 11 is 6.02. The van der Waals surface area contributed by atoms with Crippen molar-refractivity contribution in [1.29, 1.82) is 0 Å². The van der Waals surface area contributed by atoms with Crippen LogP contribution in [0.5, 0.6) is 0 Å². The lowest BCUT2D eigenvalue weighted by Crippen LogP contribution is -2.03. The number of aromatic nitrogens is 1. The maximum absolute atomic E-state index is 12.9. The molecule has 114 valence electrons. The van der Waals surface area contributed by atoms with Crippen molar-refractivity contribution in [1.82, 2.24) is 4.98 Å². The molecule has 3 nitrogen and oxygen atoms in total. The molecule has 24 heavy (non-hydrogen) atoms. The van der Waals surface area contributed by atoms with Crippen molar-refractivity contribution >= 4 is 55.3 Å². The summed E-state index contributed by atoms with van der Waals surface area (Å²) in [6.45, 7) is 0. The molecule has 0 saturated heterocycles. The van der Waals surface area contributed by atoms with Crippen molar-refractivity contribution in [2.24, 2.45) is 0 Å².